The summed E-state index contributed by atoms with van der Waals surface area (Å²) in [6, 6.07) is 5.55. The molecule has 0 heterocycles. The molecule has 80 valence electrons. The predicted molar refractivity (Wildman–Crippen MR) is 71.8 cm³/mol. The lowest BCUT2D eigenvalue weighted by molar-refractivity contribution is 0.168. The van der Waals surface area contributed by atoms with Crippen molar-refractivity contribution in [3.63, 3.8) is 0 Å². The minimum atomic E-state index is -0.476. The lowest BCUT2D eigenvalue weighted by Crippen LogP contribution is -1.99. The maximum Gasteiger partial charge on any atom is 0.0809 e. The third-order valence-electron chi connectivity index (χ3n) is 2.04. The first-order chi connectivity index (χ1) is 7.15. The molecule has 0 aliphatic carbocycles. The zero-order valence-electron chi connectivity index (χ0n) is 8.43. The van der Waals surface area contributed by atoms with Crippen LogP contribution in [0.25, 0.3) is 0 Å². The minimum Gasteiger partial charge on any atom is -0.388 e. The molecule has 1 nitrogen and oxygen atoms in total. The standard InChI is InChI=1S/C12H12ClIO/c1-2-3-4-5-12(15)10-8-9(13)6-7-11(10)14/h6-8,12,15H,4-5H2,1H3. The Kier molecular flexibility index (Phi) is 5.44. The summed E-state index contributed by atoms with van der Waals surface area (Å²) in [4.78, 5) is 0. The van der Waals surface area contributed by atoms with Gasteiger partial charge in [0.2, 0.25) is 0 Å². The van der Waals surface area contributed by atoms with E-state index in [2.05, 4.69) is 34.4 Å². The molecular weight excluding hydrogens is 322 g/mol. The number of aliphatic hydroxyl groups is 1. The first-order valence-corrected chi connectivity index (χ1v) is 6.13. The van der Waals surface area contributed by atoms with E-state index >= 15 is 0 Å². The molecule has 0 aliphatic rings. The number of hydrogen-bond acceptors (Lipinski definition) is 1. The third kappa shape index (κ3) is 4.02. The highest BCUT2D eigenvalue weighted by Crippen LogP contribution is 2.26. The fraction of sp³-hybridized carbons (Fsp3) is 0.333. The summed E-state index contributed by atoms with van der Waals surface area (Å²) in [5, 5.41) is 10.6. The van der Waals surface area contributed by atoms with Gasteiger partial charge in [-0.2, -0.15) is 0 Å². The predicted octanol–water partition coefficient (Wildman–Crippen LogP) is 3.78. The molecule has 1 aromatic rings. The summed E-state index contributed by atoms with van der Waals surface area (Å²) in [6.07, 6.45) is 0.883. The van der Waals surface area contributed by atoms with Gasteiger partial charge in [0.25, 0.3) is 0 Å². The highest BCUT2D eigenvalue weighted by atomic mass is 127. The van der Waals surface area contributed by atoms with E-state index in [0.717, 1.165) is 9.13 Å². The molecule has 0 bridgehead atoms. The van der Waals surface area contributed by atoms with Crippen molar-refractivity contribution in [1.82, 2.24) is 0 Å². The molecular formula is C12H12ClIO. The van der Waals surface area contributed by atoms with Crippen LogP contribution in [0.3, 0.4) is 0 Å². The normalized spacial score (nSPS) is 11.7. The second kappa shape index (κ2) is 6.37. The highest BCUT2D eigenvalue weighted by Gasteiger charge is 2.10. The minimum absolute atomic E-state index is 0.476. The zero-order valence-corrected chi connectivity index (χ0v) is 11.3. The number of benzene rings is 1. The van der Waals surface area contributed by atoms with Crippen LogP contribution in [0.1, 0.15) is 31.4 Å². The molecule has 1 N–H and O–H groups in total. The molecule has 0 radical (unpaired) electrons. The van der Waals surface area contributed by atoms with Gasteiger partial charge in [0.05, 0.1) is 6.10 Å². The molecule has 1 unspecified atom stereocenters. The van der Waals surface area contributed by atoms with Gasteiger partial charge in [-0.3, -0.25) is 0 Å². The van der Waals surface area contributed by atoms with Crippen LogP contribution in [0.4, 0.5) is 0 Å². The van der Waals surface area contributed by atoms with Crippen LogP contribution in [0.5, 0.6) is 0 Å². The Morgan fingerprint density at radius 1 is 1.53 bits per heavy atom. The van der Waals surface area contributed by atoms with Gasteiger partial charge in [-0.1, -0.05) is 11.6 Å². The summed E-state index contributed by atoms with van der Waals surface area (Å²) >= 11 is 8.08. The van der Waals surface area contributed by atoms with E-state index in [1.807, 2.05) is 18.2 Å². The van der Waals surface area contributed by atoms with Gasteiger partial charge < -0.3 is 5.11 Å². The molecule has 3 heteroatoms. The van der Waals surface area contributed by atoms with Crippen LogP contribution in [0.15, 0.2) is 18.2 Å². The summed E-state index contributed by atoms with van der Waals surface area (Å²) < 4.78 is 1.04. The van der Waals surface area contributed by atoms with Crippen LogP contribution in [-0.4, -0.2) is 5.11 Å². The molecule has 0 saturated carbocycles. The topological polar surface area (TPSA) is 20.2 Å². The van der Waals surface area contributed by atoms with Crippen LogP contribution < -0.4 is 0 Å². The second-order valence-electron chi connectivity index (χ2n) is 3.15. The van der Waals surface area contributed by atoms with Gasteiger partial charge in [-0.05, 0) is 59.7 Å². The summed E-state index contributed by atoms with van der Waals surface area (Å²) in [6.45, 7) is 1.80. The summed E-state index contributed by atoms with van der Waals surface area (Å²) in [5.74, 6) is 5.75. The summed E-state index contributed by atoms with van der Waals surface area (Å²) in [5.41, 5.74) is 0.890. The maximum absolute atomic E-state index is 9.92. The summed E-state index contributed by atoms with van der Waals surface area (Å²) in [7, 11) is 0. The SMILES string of the molecule is CC#CCCC(O)c1cc(Cl)ccc1I. The lowest BCUT2D eigenvalue weighted by Gasteiger charge is -2.11. The van der Waals surface area contributed by atoms with Gasteiger partial charge in [-0.25, -0.2) is 0 Å². The first-order valence-electron chi connectivity index (χ1n) is 4.67. The van der Waals surface area contributed by atoms with E-state index in [9.17, 15) is 5.11 Å². The number of rotatable bonds is 3. The molecule has 0 spiro atoms. The van der Waals surface area contributed by atoms with E-state index in [0.29, 0.717) is 17.9 Å². The number of aliphatic hydroxyl groups excluding tert-OH is 1. The van der Waals surface area contributed by atoms with Gasteiger partial charge in [0.15, 0.2) is 0 Å². The molecule has 0 saturated heterocycles. The van der Waals surface area contributed by atoms with Gasteiger partial charge >= 0.3 is 0 Å². The van der Waals surface area contributed by atoms with Crippen LogP contribution in [0.2, 0.25) is 5.02 Å². The van der Waals surface area contributed by atoms with E-state index in [1.165, 1.54) is 0 Å². The smallest absolute Gasteiger partial charge is 0.0809 e. The average molecular weight is 335 g/mol. The molecule has 0 aliphatic heterocycles. The van der Waals surface area contributed by atoms with E-state index in [4.69, 9.17) is 11.6 Å². The van der Waals surface area contributed by atoms with Crippen LogP contribution in [-0.2, 0) is 0 Å². The number of hydrogen-bond donors (Lipinski definition) is 1. The highest BCUT2D eigenvalue weighted by molar-refractivity contribution is 14.1. The second-order valence-corrected chi connectivity index (χ2v) is 4.75. The Morgan fingerprint density at radius 3 is 2.93 bits per heavy atom. The van der Waals surface area contributed by atoms with Crippen molar-refractivity contribution in [2.75, 3.05) is 0 Å². The molecule has 1 rings (SSSR count). The largest absolute Gasteiger partial charge is 0.388 e. The fourth-order valence-electron chi connectivity index (χ4n) is 1.26. The van der Waals surface area contributed by atoms with Gasteiger partial charge in [-0.15, -0.1) is 11.8 Å². The Hall–Kier alpha value is -0.240. The van der Waals surface area contributed by atoms with Crippen molar-refractivity contribution in [1.29, 1.82) is 0 Å². The number of halogens is 2. The van der Waals surface area contributed by atoms with Crippen molar-refractivity contribution in [3.8, 4) is 11.8 Å². The van der Waals surface area contributed by atoms with Crippen molar-refractivity contribution in [3.05, 3.63) is 32.4 Å². The zero-order chi connectivity index (χ0) is 11.3. The average Bonchev–Trinajstić information content (AvgIpc) is 2.22. The van der Waals surface area contributed by atoms with Gasteiger partial charge in [0.1, 0.15) is 0 Å². The molecule has 0 aromatic heterocycles. The van der Waals surface area contributed by atoms with Gasteiger partial charge in [0, 0.05) is 15.0 Å². The van der Waals surface area contributed by atoms with Crippen LogP contribution >= 0.6 is 34.2 Å². The van der Waals surface area contributed by atoms with E-state index in [1.54, 1.807) is 6.92 Å². The molecule has 0 amide bonds. The molecule has 1 atom stereocenters. The molecule has 1 aromatic carbocycles. The Morgan fingerprint density at radius 2 is 2.27 bits per heavy atom. The first kappa shape index (κ1) is 12.8. The maximum atomic E-state index is 9.92. The van der Waals surface area contributed by atoms with Crippen molar-refractivity contribution in [2.24, 2.45) is 0 Å². The Bertz CT molecular complexity index is 392. The fourth-order valence-corrected chi connectivity index (χ4v) is 2.13. The molecule has 15 heavy (non-hydrogen) atoms. The third-order valence-corrected chi connectivity index (χ3v) is 3.25. The van der Waals surface area contributed by atoms with Crippen molar-refractivity contribution < 1.29 is 5.11 Å². The molecule has 0 fully saturated rings. The Balaban J connectivity index is 2.74. The lowest BCUT2D eigenvalue weighted by atomic mass is 10.1. The Labute approximate surface area is 109 Å². The monoisotopic (exact) mass is 334 g/mol. The van der Waals surface area contributed by atoms with E-state index < -0.39 is 6.10 Å². The van der Waals surface area contributed by atoms with Crippen LogP contribution in [0, 0.1) is 15.4 Å². The van der Waals surface area contributed by atoms with E-state index in [-0.39, 0.29) is 0 Å². The van der Waals surface area contributed by atoms with Crippen molar-refractivity contribution in [2.45, 2.75) is 25.9 Å². The quantitative estimate of drug-likeness (QED) is 0.659. The van der Waals surface area contributed by atoms with Crippen molar-refractivity contribution >= 4 is 34.2 Å².